The number of carbonyl (C=O) groups excluding carboxylic acids is 1. The number of hydrogen-bond acceptors (Lipinski definition) is 7. The summed E-state index contributed by atoms with van der Waals surface area (Å²) in [6, 6.07) is 3.04. The van der Waals surface area contributed by atoms with Gasteiger partial charge in [-0.1, -0.05) is 5.16 Å². The number of pyridine rings is 1. The van der Waals surface area contributed by atoms with Crippen LogP contribution in [0.25, 0.3) is 11.4 Å². The second-order valence-corrected chi connectivity index (χ2v) is 6.45. The quantitative estimate of drug-likeness (QED) is 0.705. The molecule has 10 nitrogen and oxygen atoms in total. The van der Waals surface area contributed by atoms with Crippen molar-refractivity contribution < 1.29 is 9.32 Å². The van der Waals surface area contributed by atoms with Crippen molar-refractivity contribution in [1.82, 2.24) is 40.1 Å². The lowest BCUT2D eigenvalue weighted by Crippen LogP contribution is -2.44. The molecule has 142 valence electrons. The number of nitrogens with one attached hydrogen (secondary N) is 1. The van der Waals surface area contributed by atoms with Crippen LogP contribution in [-0.4, -0.2) is 46.9 Å². The molecule has 3 aromatic rings. The van der Waals surface area contributed by atoms with E-state index < -0.39 is 0 Å². The third-order valence-electron chi connectivity index (χ3n) is 4.05. The number of aryl methyl sites for hydroxylation is 1. The molecule has 1 atom stereocenters. The number of amides is 2. The van der Waals surface area contributed by atoms with E-state index in [1.807, 2.05) is 33.9 Å². The number of urea groups is 1. The van der Waals surface area contributed by atoms with Crippen molar-refractivity contribution in [3.05, 3.63) is 42.6 Å². The number of aromatic nitrogens is 6. The van der Waals surface area contributed by atoms with Crippen molar-refractivity contribution in [1.29, 1.82) is 0 Å². The van der Waals surface area contributed by atoms with E-state index in [4.69, 9.17) is 4.52 Å². The zero-order valence-electron chi connectivity index (χ0n) is 15.7. The van der Waals surface area contributed by atoms with Gasteiger partial charge in [-0.2, -0.15) is 4.98 Å². The zero-order valence-corrected chi connectivity index (χ0v) is 15.7. The largest absolute Gasteiger partial charge is 0.337 e. The molecule has 0 aliphatic carbocycles. The predicted molar refractivity (Wildman–Crippen MR) is 96.2 cm³/mol. The molecule has 3 rings (SSSR count). The number of nitrogens with zero attached hydrogens (tertiary/aromatic N) is 7. The summed E-state index contributed by atoms with van der Waals surface area (Å²) in [7, 11) is 1.83. The molecule has 1 unspecified atom stereocenters. The van der Waals surface area contributed by atoms with Gasteiger partial charge in [-0.15, -0.1) is 10.2 Å². The summed E-state index contributed by atoms with van der Waals surface area (Å²) in [5.41, 5.74) is 0.754. The van der Waals surface area contributed by atoms with Gasteiger partial charge in [-0.25, -0.2) is 4.79 Å². The SMILES string of the molecule is CC(NC(=O)N(Cc1nc(-c2cccnc2)no1)C(C)C)c1nncn1C. The molecule has 0 spiro atoms. The average Bonchev–Trinajstić information content (AvgIpc) is 3.29. The van der Waals surface area contributed by atoms with Crippen LogP contribution >= 0.6 is 0 Å². The van der Waals surface area contributed by atoms with Gasteiger partial charge in [0.1, 0.15) is 12.9 Å². The Hall–Kier alpha value is -3.30. The molecule has 0 saturated heterocycles. The standard InChI is InChI=1S/C17H22N8O2/c1-11(2)25(17(26)20-12(3)16-22-19-10-24(16)4)9-14-21-15(23-27-14)13-6-5-7-18-8-13/h5-8,10-12H,9H2,1-4H3,(H,20,26). The van der Waals surface area contributed by atoms with E-state index in [1.54, 1.807) is 34.3 Å². The summed E-state index contributed by atoms with van der Waals surface area (Å²) in [5.74, 6) is 1.46. The normalized spacial score (nSPS) is 12.2. The Bertz CT molecular complexity index is 889. The van der Waals surface area contributed by atoms with Crippen LogP contribution in [0.15, 0.2) is 35.4 Å². The Morgan fingerprint density at radius 3 is 2.81 bits per heavy atom. The molecule has 10 heteroatoms. The highest BCUT2D eigenvalue weighted by atomic mass is 16.5. The van der Waals surface area contributed by atoms with Crippen molar-refractivity contribution in [2.45, 2.75) is 39.4 Å². The van der Waals surface area contributed by atoms with Gasteiger partial charge in [0.25, 0.3) is 0 Å². The Balaban J connectivity index is 1.70. The maximum absolute atomic E-state index is 12.7. The fraction of sp³-hybridized carbons (Fsp3) is 0.412. The topological polar surface area (TPSA) is 115 Å². The predicted octanol–water partition coefficient (Wildman–Crippen LogP) is 1.94. The van der Waals surface area contributed by atoms with Crippen molar-refractivity contribution >= 4 is 6.03 Å². The number of rotatable bonds is 6. The van der Waals surface area contributed by atoms with Gasteiger partial charge in [-0.05, 0) is 32.9 Å². The Morgan fingerprint density at radius 2 is 2.19 bits per heavy atom. The van der Waals surface area contributed by atoms with Crippen LogP contribution in [-0.2, 0) is 13.6 Å². The molecule has 0 bridgehead atoms. The zero-order chi connectivity index (χ0) is 19.4. The van der Waals surface area contributed by atoms with Crippen LogP contribution in [0.4, 0.5) is 4.79 Å². The van der Waals surface area contributed by atoms with Gasteiger partial charge in [0.05, 0.1) is 6.04 Å². The van der Waals surface area contributed by atoms with Crippen molar-refractivity contribution in [3.63, 3.8) is 0 Å². The molecule has 0 aliphatic rings. The monoisotopic (exact) mass is 370 g/mol. The van der Waals surface area contributed by atoms with Crippen LogP contribution < -0.4 is 5.32 Å². The molecule has 0 radical (unpaired) electrons. The van der Waals surface area contributed by atoms with Gasteiger partial charge >= 0.3 is 6.03 Å². The molecule has 0 saturated carbocycles. The third kappa shape index (κ3) is 4.27. The van der Waals surface area contributed by atoms with E-state index in [2.05, 4.69) is 30.6 Å². The lowest BCUT2D eigenvalue weighted by Gasteiger charge is -2.27. The maximum atomic E-state index is 12.7. The molecule has 2 amide bonds. The average molecular weight is 370 g/mol. The smallest absolute Gasteiger partial charge is 0.318 e. The summed E-state index contributed by atoms with van der Waals surface area (Å²) in [4.78, 5) is 22.8. The van der Waals surface area contributed by atoms with Crippen LogP contribution in [0.3, 0.4) is 0 Å². The van der Waals surface area contributed by atoms with E-state index in [0.29, 0.717) is 17.5 Å². The fourth-order valence-electron chi connectivity index (χ4n) is 2.58. The molecule has 3 aromatic heterocycles. The summed E-state index contributed by atoms with van der Waals surface area (Å²) in [6.07, 6.45) is 4.92. The van der Waals surface area contributed by atoms with Gasteiger partial charge in [0, 0.05) is 31.0 Å². The summed E-state index contributed by atoms with van der Waals surface area (Å²) >= 11 is 0. The molecule has 0 aromatic carbocycles. The van der Waals surface area contributed by atoms with Gasteiger partial charge in [0.2, 0.25) is 11.7 Å². The van der Waals surface area contributed by atoms with Crippen molar-refractivity contribution in [2.75, 3.05) is 0 Å². The lowest BCUT2D eigenvalue weighted by molar-refractivity contribution is 0.166. The van der Waals surface area contributed by atoms with E-state index >= 15 is 0 Å². The molecule has 3 heterocycles. The minimum atomic E-state index is -0.292. The van der Waals surface area contributed by atoms with Gasteiger partial charge in [0.15, 0.2) is 5.82 Å². The van der Waals surface area contributed by atoms with Crippen molar-refractivity contribution in [2.24, 2.45) is 7.05 Å². The highest BCUT2D eigenvalue weighted by Crippen LogP contribution is 2.16. The number of hydrogen-bond donors (Lipinski definition) is 1. The highest BCUT2D eigenvalue weighted by molar-refractivity contribution is 5.74. The Labute approximate surface area is 156 Å². The summed E-state index contributed by atoms with van der Waals surface area (Å²) in [5, 5.41) is 14.8. The summed E-state index contributed by atoms with van der Waals surface area (Å²) < 4.78 is 7.08. The number of carbonyl (C=O) groups is 1. The first kappa shape index (κ1) is 18.5. The van der Waals surface area contributed by atoms with E-state index in [-0.39, 0.29) is 24.7 Å². The molecule has 0 fully saturated rings. The maximum Gasteiger partial charge on any atom is 0.318 e. The van der Waals surface area contributed by atoms with Crippen LogP contribution in [0.1, 0.15) is 38.5 Å². The molecule has 0 aliphatic heterocycles. The molecule has 27 heavy (non-hydrogen) atoms. The second kappa shape index (κ2) is 7.94. The van der Waals surface area contributed by atoms with E-state index in [0.717, 1.165) is 5.56 Å². The Kier molecular flexibility index (Phi) is 5.43. The minimum Gasteiger partial charge on any atom is -0.337 e. The van der Waals surface area contributed by atoms with Crippen molar-refractivity contribution in [3.8, 4) is 11.4 Å². The third-order valence-corrected chi connectivity index (χ3v) is 4.05. The first-order valence-electron chi connectivity index (χ1n) is 8.59. The minimum absolute atomic E-state index is 0.0644. The van der Waals surface area contributed by atoms with Gasteiger partial charge in [-0.3, -0.25) is 4.98 Å². The first-order chi connectivity index (χ1) is 13.0. The van der Waals surface area contributed by atoms with Crippen LogP contribution in [0.5, 0.6) is 0 Å². The molecular weight excluding hydrogens is 348 g/mol. The second-order valence-electron chi connectivity index (χ2n) is 6.45. The first-order valence-corrected chi connectivity index (χ1v) is 8.59. The highest BCUT2D eigenvalue weighted by Gasteiger charge is 2.23. The van der Waals surface area contributed by atoms with Crippen LogP contribution in [0.2, 0.25) is 0 Å². The van der Waals surface area contributed by atoms with Gasteiger partial charge < -0.3 is 19.3 Å². The van der Waals surface area contributed by atoms with Crippen LogP contribution in [0, 0.1) is 0 Å². The fourth-order valence-corrected chi connectivity index (χ4v) is 2.58. The Morgan fingerprint density at radius 1 is 1.37 bits per heavy atom. The molecule has 1 N–H and O–H groups in total. The lowest BCUT2D eigenvalue weighted by atomic mass is 10.3. The van der Waals surface area contributed by atoms with E-state index in [9.17, 15) is 4.79 Å². The summed E-state index contributed by atoms with van der Waals surface area (Å²) in [6.45, 7) is 5.89. The molecular formula is C17H22N8O2. The van der Waals surface area contributed by atoms with E-state index in [1.165, 1.54) is 0 Å².